The highest BCUT2D eigenvalue weighted by atomic mass is 32.1. The maximum absolute atomic E-state index is 15.0. The molecule has 134 valence electrons. The van der Waals surface area contributed by atoms with Crippen LogP contribution < -0.4 is 25.9 Å². The van der Waals surface area contributed by atoms with Gasteiger partial charge in [0, 0.05) is 26.2 Å². The Hall–Kier alpha value is -2.65. The number of fused-ring (bicyclic) bond motifs is 2. The molecule has 1 fully saturated rings. The van der Waals surface area contributed by atoms with Gasteiger partial charge in [-0.15, -0.1) is 0 Å². The van der Waals surface area contributed by atoms with Crippen molar-refractivity contribution < 1.29 is 9.13 Å². The molecule has 0 atom stereocenters. The van der Waals surface area contributed by atoms with Crippen LogP contribution in [0.4, 0.5) is 10.1 Å². The lowest BCUT2D eigenvalue weighted by Gasteiger charge is -2.33. The maximum Gasteiger partial charge on any atom is 0.271 e. The number of piperazine rings is 1. The van der Waals surface area contributed by atoms with Gasteiger partial charge >= 0.3 is 0 Å². The molecule has 2 aliphatic heterocycles. The fraction of sp³-hybridized carbons (Fsp3) is 0.294. The molecule has 0 saturated carbocycles. The van der Waals surface area contributed by atoms with Gasteiger partial charge in [0.1, 0.15) is 28.0 Å². The fourth-order valence-electron chi connectivity index (χ4n) is 3.73. The molecule has 1 aromatic carbocycles. The Kier molecular flexibility index (Phi) is 3.25. The summed E-state index contributed by atoms with van der Waals surface area (Å²) in [6.07, 6.45) is 0. The SMILES string of the molecule is C=C1COc2c(N3CCNCC3)c(F)cc3c(=O)c4c(=O)[nH]sc4n1c23. The van der Waals surface area contributed by atoms with Crippen molar-refractivity contribution in [1.82, 2.24) is 14.3 Å². The lowest BCUT2D eigenvalue weighted by Crippen LogP contribution is -2.44. The van der Waals surface area contributed by atoms with Gasteiger partial charge in [0.25, 0.3) is 5.56 Å². The van der Waals surface area contributed by atoms with E-state index in [9.17, 15) is 9.59 Å². The highest BCUT2D eigenvalue weighted by Crippen LogP contribution is 2.42. The normalized spacial score (nSPS) is 17.1. The molecule has 0 unspecified atom stereocenters. The van der Waals surface area contributed by atoms with Gasteiger partial charge in [-0.25, -0.2) is 4.39 Å². The largest absolute Gasteiger partial charge is 0.483 e. The number of anilines is 1. The van der Waals surface area contributed by atoms with E-state index in [1.165, 1.54) is 6.07 Å². The Balaban J connectivity index is 1.97. The molecule has 0 aliphatic carbocycles. The van der Waals surface area contributed by atoms with Crippen molar-refractivity contribution in [2.75, 3.05) is 37.7 Å². The van der Waals surface area contributed by atoms with Crippen LogP contribution in [0.25, 0.3) is 26.8 Å². The summed E-state index contributed by atoms with van der Waals surface area (Å²) in [6, 6.07) is 1.22. The first-order valence-electron chi connectivity index (χ1n) is 8.27. The number of benzene rings is 1. The first-order chi connectivity index (χ1) is 12.6. The Bertz CT molecular complexity index is 1200. The van der Waals surface area contributed by atoms with Crippen LogP contribution in [0.1, 0.15) is 0 Å². The Morgan fingerprint density at radius 2 is 2.04 bits per heavy atom. The van der Waals surface area contributed by atoms with Crippen molar-refractivity contribution in [1.29, 1.82) is 0 Å². The summed E-state index contributed by atoms with van der Waals surface area (Å²) in [5.41, 5.74) is 0.485. The molecule has 0 radical (unpaired) electrons. The Morgan fingerprint density at radius 3 is 2.81 bits per heavy atom. The molecule has 0 amide bonds. The second kappa shape index (κ2) is 5.42. The molecule has 4 heterocycles. The quantitative estimate of drug-likeness (QED) is 0.672. The van der Waals surface area contributed by atoms with E-state index < -0.39 is 16.8 Å². The number of aromatic amines is 1. The van der Waals surface area contributed by atoms with Crippen LogP contribution in [0.5, 0.6) is 5.75 Å². The first-order valence-corrected chi connectivity index (χ1v) is 9.08. The summed E-state index contributed by atoms with van der Waals surface area (Å²) in [7, 11) is 0. The lowest BCUT2D eigenvalue weighted by atomic mass is 10.1. The van der Waals surface area contributed by atoms with Crippen molar-refractivity contribution in [3.05, 3.63) is 39.0 Å². The average molecular weight is 374 g/mol. The third kappa shape index (κ3) is 1.95. The van der Waals surface area contributed by atoms with E-state index >= 15 is 4.39 Å². The molecule has 26 heavy (non-hydrogen) atoms. The van der Waals surface area contributed by atoms with Crippen LogP contribution in [-0.2, 0) is 0 Å². The smallest absolute Gasteiger partial charge is 0.271 e. The van der Waals surface area contributed by atoms with Crippen LogP contribution in [0.15, 0.2) is 22.2 Å². The predicted octanol–water partition coefficient (Wildman–Crippen LogP) is 1.32. The number of halogens is 1. The molecule has 7 nitrogen and oxygen atoms in total. The van der Waals surface area contributed by atoms with E-state index in [2.05, 4.69) is 16.3 Å². The average Bonchev–Trinajstić information content (AvgIpc) is 3.03. The maximum atomic E-state index is 15.0. The topological polar surface area (TPSA) is 79.4 Å². The number of hydrogen-bond donors (Lipinski definition) is 2. The third-order valence-corrected chi connectivity index (χ3v) is 5.76. The molecule has 2 N–H and O–H groups in total. The number of H-pyrrole nitrogens is 1. The molecule has 3 aromatic rings. The number of hydrogen-bond acceptors (Lipinski definition) is 6. The van der Waals surface area contributed by atoms with Crippen LogP contribution in [0.2, 0.25) is 0 Å². The van der Waals surface area contributed by atoms with Crippen molar-refractivity contribution in [2.24, 2.45) is 0 Å². The van der Waals surface area contributed by atoms with Crippen LogP contribution in [0.3, 0.4) is 0 Å². The molecule has 0 bridgehead atoms. The van der Waals surface area contributed by atoms with Gasteiger partial charge in [-0.1, -0.05) is 6.58 Å². The van der Waals surface area contributed by atoms with E-state index in [1.54, 1.807) is 4.57 Å². The zero-order valence-electron chi connectivity index (χ0n) is 13.7. The van der Waals surface area contributed by atoms with Crippen LogP contribution in [0, 0.1) is 5.82 Å². The van der Waals surface area contributed by atoms with Gasteiger partial charge < -0.3 is 15.0 Å². The summed E-state index contributed by atoms with van der Waals surface area (Å²) < 4.78 is 25.2. The van der Waals surface area contributed by atoms with Gasteiger partial charge in [0.2, 0.25) is 5.43 Å². The van der Waals surface area contributed by atoms with E-state index in [4.69, 9.17) is 4.74 Å². The Morgan fingerprint density at radius 1 is 1.27 bits per heavy atom. The second-order valence-electron chi connectivity index (χ2n) is 6.40. The highest BCUT2D eigenvalue weighted by molar-refractivity contribution is 7.12. The minimum absolute atomic E-state index is 0.0332. The van der Waals surface area contributed by atoms with Crippen LogP contribution in [-0.4, -0.2) is 41.7 Å². The highest BCUT2D eigenvalue weighted by Gasteiger charge is 2.30. The van der Waals surface area contributed by atoms with Gasteiger partial charge in [0.05, 0.1) is 11.1 Å². The predicted molar refractivity (Wildman–Crippen MR) is 100 cm³/mol. The van der Waals surface area contributed by atoms with Gasteiger partial charge in [-0.05, 0) is 17.6 Å². The third-order valence-electron chi connectivity index (χ3n) is 4.89. The summed E-state index contributed by atoms with van der Waals surface area (Å²) >= 11 is 1.08. The summed E-state index contributed by atoms with van der Waals surface area (Å²) in [4.78, 5) is 27.4. The van der Waals surface area contributed by atoms with Gasteiger partial charge in [0.15, 0.2) is 11.6 Å². The monoisotopic (exact) mass is 374 g/mol. The van der Waals surface area contributed by atoms with E-state index in [1.807, 2.05) is 4.90 Å². The number of rotatable bonds is 1. The van der Waals surface area contributed by atoms with Crippen molar-refractivity contribution in [3.63, 3.8) is 0 Å². The second-order valence-corrected chi connectivity index (χ2v) is 7.20. The van der Waals surface area contributed by atoms with E-state index in [-0.39, 0.29) is 17.4 Å². The van der Waals surface area contributed by atoms with Crippen LogP contribution >= 0.6 is 11.5 Å². The van der Waals surface area contributed by atoms with E-state index in [0.29, 0.717) is 40.6 Å². The molecular formula is C17H15FN4O3S. The van der Waals surface area contributed by atoms with Crippen molar-refractivity contribution >= 4 is 44.0 Å². The van der Waals surface area contributed by atoms with Gasteiger partial charge in [-0.3, -0.25) is 18.5 Å². The number of pyridine rings is 1. The number of aromatic nitrogens is 2. The van der Waals surface area contributed by atoms with E-state index in [0.717, 1.165) is 24.6 Å². The first kappa shape index (κ1) is 15.6. The molecule has 2 aliphatic rings. The molecular weight excluding hydrogens is 359 g/mol. The molecule has 9 heteroatoms. The number of nitrogens with zero attached hydrogens (tertiary/aromatic N) is 2. The zero-order valence-corrected chi connectivity index (χ0v) is 14.5. The van der Waals surface area contributed by atoms with Crippen molar-refractivity contribution in [2.45, 2.75) is 0 Å². The molecule has 5 rings (SSSR count). The fourth-order valence-corrected chi connectivity index (χ4v) is 4.62. The number of ether oxygens (including phenoxy) is 1. The minimum Gasteiger partial charge on any atom is -0.483 e. The standard InChI is InChI=1S/C17H15FN4O3S/c1-8-7-25-15-12-9(6-10(18)13(15)21-4-2-19-3-5-21)14(23)11-16(24)20-26-17(11)22(8)12/h6,19H,1-5,7H2,(H,20,24). The summed E-state index contributed by atoms with van der Waals surface area (Å²) in [5.74, 6) is -0.175. The molecule has 1 saturated heterocycles. The Labute approximate surface area is 150 Å². The molecule has 0 spiro atoms. The summed E-state index contributed by atoms with van der Waals surface area (Å²) in [5, 5.41) is 3.40. The lowest BCUT2D eigenvalue weighted by molar-refractivity contribution is 0.357. The molecule has 2 aromatic heterocycles. The van der Waals surface area contributed by atoms with Crippen molar-refractivity contribution in [3.8, 4) is 5.75 Å². The summed E-state index contributed by atoms with van der Waals surface area (Å²) in [6.45, 7) is 6.94. The number of nitrogens with one attached hydrogen (secondary N) is 2. The zero-order chi connectivity index (χ0) is 18.0. The van der Waals surface area contributed by atoms with Gasteiger partial charge in [-0.2, -0.15) is 0 Å². The minimum atomic E-state index is -0.517.